The van der Waals surface area contributed by atoms with Gasteiger partial charge in [0.1, 0.15) is 5.75 Å². The predicted octanol–water partition coefficient (Wildman–Crippen LogP) is 6.05. The van der Waals surface area contributed by atoms with Crippen LogP contribution in [-0.2, 0) is 4.79 Å². The lowest BCUT2D eigenvalue weighted by Crippen LogP contribution is -2.18. The number of hydrogen-bond acceptors (Lipinski definition) is 5. The van der Waals surface area contributed by atoms with Crippen LogP contribution < -0.4 is 14.2 Å². The van der Waals surface area contributed by atoms with Gasteiger partial charge in [0, 0.05) is 10.0 Å². The summed E-state index contributed by atoms with van der Waals surface area (Å²) in [6.45, 7) is -0.291. The van der Waals surface area contributed by atoms with E-state index in [0.717, 1.165) is 5.56 Å². The van der Waals surface area contributed by atoms with Crippen LogP contribution >= 0.6 is 23.2 Å². The molecule has 156 valence electrons. The second kappa shape index (κ2) is 10.5. The molecule has 0 saturated carbocycles. The summed E-state index contributed by atoms with van der Waals surface area (Å²) in [6.07, 6.45) is 1.71. The first-order valence-corrected chi connectivity index (χ1v) is 9.89. The lowest BCUT2D eigenvalue weighted by Gasteiger charge is -2.11. The average Bonchev–Trinajstić information content (AvgIpc) is 2.77. The summed E-state index contributed by atoms with van der Waals surface area (Å²) in [5.74, 6) is 0.450. The fraction of sp³-hybridized carbons (Fsp3) is 0.0833. The number of ether oxygens (including phenoxy) is 3. The molecular formula is C24H17Cl2NO4. The molecule has 0 spiro atoms. The van der Waals surface area contributed by atoms with E-state index in [2.05, 4.69) is 6.07 Å². The molecule has 3 rings (SSSR count). The Morgan fingerprint density at radius 1 is 1.00 bits per heavy atom. The predicted molar refractivity (Wildman–Crippen MR) is 121 cm³/mol. The molecular weight excluding hydrogens is 437 g/mol. The Balaban J connectivity index is 1.72. The Hall–Kier alpha value is -3.46. The zero-order valence-electron chi connectivity index (χ0n) is 16.5. The zero-order chi connectivity index (χ0) is 22.2. The van der Waals surface area contributed by atoms with Crippen LogP contribution in [0, 0.1) is 11.3 Å². The summed E-state index contributed by atoms with van der Waals surface area (Å²) in [5.41, 5.74) is 1.90. The summed E-state index contributed by atoms with van der Waals surface area (Å²) in [4.78, 5) is 12.2. The third-order valence-electron chi connectivity index (χ3n) is 4.15. The first-order chi connectivity index (χ1) is 15.0. The number of benzene rings is 3. The van der Waals surface area contributed by atoms with Crippen LogP contribution in [-0.4, -0.2) is 19.7 Å². The molecule has 0 aliphatic rings. The van der Waals surface area contributed by atoms with Gasteiger partial charge >= 0.3 is 5.97 Å². The number of halogens is 2. The van der Waals surface area contributed by atoms with Gasteiger partial charge in [-0.15, -0.1) is 0 Å². The zero-order valence-corrected chi connectivity index (χ0v) is 18.0. The first kappa shape index (κ1) is 22.2. The van der Waals surface area contributed by atoms with Crippen molar-refractivity contribution >= 4 is 40.8 Å². The second-order valence-electron chi connectivity index (χ2n) is 6.31. The highest BCUT2D eigenvalue weighted by Gasteiger charge is 2.12. The Kier molecular flexibility index (Phi) is 7.55. The maximum atomic E-state index is 12.2. The average molecular weight is 454 g/mol. The molecule has 0 radical (unpaired) electrons. The van der Waals surface area contributed by atoms with Crippen LogP contribution in [0.2, 0.25) is 10.0 Å². The molecule has 3 aromatic carbocycles. The van der Waals surface area contributed by atoms with Crippen LogP contribution in [0.4, 0.5) is 0 Å². The number of carbonyl (C=O) groups excluding carboxylic acids is 1. The van der Waals surface area contributed by atoms with Gasteiger partial charge in [0.05, 0.1) is 18.8 Å². The molecule has 3 aromatic rings. The second-order valence-corrected chi connectivity index (χ2v) is 7.18. The number of carbonyl (C=O) groups is 1. The molecule has 0 aliphatic heterocycles. The van der Waals surface area contributed by atoms with Crippen molar-refractivity contribution in [1.29, 1.82) is 5.26 Å². The van der Waals surface area contributed by atoms with Crippen molar-refractivity contribution in [3.05, 3.63) is 87.9 Å². The number of rotatable bonds is 7. The van der Waals surface area contributed by atoms with Gasteiger partial charge in [-0.25, -0.2) is 4.79 Å². The fourth-order valence-corrected chi connectivity index (χ4v) is 2.99. The third kappa shape index (κ3) is 6.26. The lowest BCUT2D eigenvalue weighted by atomic mass is 10.0. The van der Waals surface area contributed by atoms with Gasteiger partial charge in [-0.3, -0.25) is 0 Å². The van der Waals surface area contributed by atoms with Crippen molar-refractivity contribution in [1.82, 2.24) is 0 Å². The van der Waals surface area contributed by atoms with Gasteiger partial charge in [-0.1, -0.05) is 47.5 Å². The maximum Gasteiger partial charge on any atom is 0.349 e. The topological polar surface area (TPSA) is 68.5 Å². The van der Waals surface area contributed by atoms with E-state index in [1.54, 1.807) is 72.8 Å². The number of nitriles is 1. The molecule has 0 amide bonds. The minimum Gasteiger partial charge on any atom is -0.493 e. The van der Waals surface area contributed by atoms with Gasteiger partial charge in [-0.2, -0.15) is 5.26 Å². The SMILES string of the molecule is COc1cc(/C=C(\C#N)c2ccc(Cl)cc2)ccc1OC(=O)COc1cccc(Cl)c1. The van der Waals surface area contributed by atoms with Gasteiger partial charge < -0.3 is 14.2 Å². The highest BCUT2D eigenvalue weighted by atomic mass is 35.5. The quantitative estimate of drug-likeness (QED) is 0.188. The van der Waals surface area contributed by atoms with E-state index in [4.69, 9.17) is 37.4 Å². The van der Waals surface area contributed by atoms with E-state index in [1.165, 1.54) is 7.11 Å². The van der Waals surface area contributed by atoms with Crippen molar-refractivity contribution in [2.45, 2.75) is 0 Å². The molecule has 0 saturated heterocycles. The van der Waals surface area contributed by atoms with Crippen LogP contribution in [0.1, 0.15) is 11.1 Å². The van der Waals surface area contributed by atoms with Gasteiger partial charge in [0.25, 0.3) is 0 Å². The molecule has 0 atom stereocenters. The molecule has 5 nitrogen and oxygen atoms in total. The van der Waals surface area contributed by atoms with Crippen molar-refractivity contribution in [2.24, 2.45) is 0 Å². The largest absolute Gasteiger partial charge is 0.493 e. The van der Waals surface area contributed by atoms with E-state index < -0.39 is 5.97 Å². The van der Waals surface area contributed by atoms with Crippen LogP contribution in [0.3, 0.4) is 0 Å². The number of hydrogen-bond donors (Lipinski definition) is 0. The van der Waals surface area contributed by atoms with Crippen molar-refractivity contribution in [3.8, 4) is 23.3 Å². The van der Waals surface area contributed by atoms with Gasteiger partial charge in [-0.05, 0) is 59.7 Å². The molecule has 0 unspecified atom stereocenters. The molecule has 0 N–H and O–H groups in total. The van der Waals surface area contributed by atoms with Crippen LogP contribution in [0.5, 0.6) is 17.2 Å². The van der Waals surface area contributed by atoms with E-state index in [0.29, 0.717) is 32.7 Å². The van der Waals surface area contributed by atoms with Gasteiger partial charge in [0.15, 0.2) is 18.1 Å². The first-order valence-electron chi connectivity index (χ1n) is 9.13. The third-order valence-corrected chi connectivity index (χ3v) is 4.64. The summed E-state index contributed by atoms with van der Waals surface area (Å²) < 4.78 is 16.1. The summed E-state index contributed by atoms with van der Waals surface area (Å²) in [6, 6.07) is 20.9. The Morgan fingerprint density at radius 3 is 2.45 bits per heavy atom. The minimum absolute atomic E-state index is 0.240. The lowest BCUT2D eigenvalue weighted by molar-refractivity contribution is -0.136. The maximum absolute atomic E-state index is 12.2. The standard InChI is InChI=1S/C24H17Cl2NO4/c1-29-23-12-16(11-18(14-27)17-6-8-19(25)9-7-17)5-10-22(23)31-24(28)15-30-21-4-2-3-20(26)13-21/h2-13H,15H2,1H3/b18-11+. The van der Waals surface area contributed by atoms with Crippen molar-refractivity contribution in [3.63, 3.8) is 0 Å². The number of nitrogens with zero attached hydrogens (tertiary/aromatic N) is 1. The molecule has 0 bridgehead atoms. The highest BCUT2D eigenvalue weighted by Crippen LogP contribution is 2.30. The molecule has 0 aliphatic carbocycles. The summed E-state index contributed by atoms with van der Waals surface area (Å²) in [7, 11) is 1.47. The van der Waals surface area contributed by atoms with E-state index in [9.17, 15) is 10.1 Å². The smallest absolute Gasteiger partial charge is 0.349 e. The van der Waals surface area contributed by atoms with E-state index in [1.807, 2.05) is 0 Å². The number of methoxy groups -OCH3 is 1. The normalized spacial score (nSPS) is 10.8. The summed E-state index contributed by atoms with van der Waals surface area (Å²) >= 11 is 11.8. The Labute approximate surface area is 190 Å². The van der Waals surface area contributed by atoms with E-state index >= 15 is 0 Å². The number of allylic oxidation sites excluding steroid dienone is 1. The van der Waals surface area contributed by atoms with Gasteiger partial charge in [0.2, 0.25) is 0 Å². The van der Waals surface area contributed by atoms with Crippen LogP contribution in [0.25, 0.3) is 11.6 Å². The Morgan fingerprint density at radius 2 is 1.77 bits per heavy atom. The monoisotopic (exact) mass is 453 g/mol. The fourth-order valence-electron chi connectivity index (χ4n) is 2.69. The molecule has 7 heteroatoms. The molecule has 0 heterocycles. The van der Waals surface area contributed by atoms with E-state index in [-0.39, 0.29) is 12.4 Å². The molecule has 31 heavy (non-hydrogen) atoms. The van der Waals surface area contributed by atoms with Crippen molar-refractivity contribution < 1.29 is 19.0 Å². The summed E-state index contributed by atoms with van der Waals surface area (Å²) in [5, 5.41) is 10.6. The van der Waals surface area contributed by atoms with Crippen LogP contribution in [0.15, 0.2) is 66.7 Å². The molecule has 0 fully saturated rings. The Bertz CT molecular complexity index is 1150. The number of esters is 1. The highest BCUT2D eigenvalue weighted by molar-refractivity contribution is 6.31. The molecule has 0 aromatic heterocycles. The van der Waals surface area contributed by atoms with Crippen molar-refractivity contribution in [2.75, 3.05) is 13.7 Å². The minimum atomic E-state index is -0.597.